The highest BCUT2D eigenvalue weighted by atomic mass is 32.2. The zero-order valence-electron chi connectivity index (χ0n) is 12.3. The Kier molecular flexibility index (Phi) is 6.15. The average molecular weight is 336 g/mol. The van der Waals surface area contributed by atoms with E-state index in [4.69, 9.17) is 9.47 Å². The van der Waals surface area contributed by atoms with Crippen molar-refractivity contribution in [1.82, 2.24) is 0 Å². The molecule has 0 amide bonds. The van der Waals surface area contributed by atoms with E-state index in [-0.39, 0.29) is 10.6 Å². The third-order valence-electron chi connectivity index (χ3n) is 2.74. The van der Waals surface area contributed by atoms with Crippen LogP contribution >= 0.6 is 23.5 Å². The maximum atomic E-state index is 11.7. The van der Waals surface area contributed by atoms with Crippen molar-refractivity contribution in [1.29, 1.82) is 0 Å². The van der Waals surface area contributed by atoms with Gasteiger partial charge in [-0.2, -0.15) is 0 Å². The number of carbonyl (C=O) groups excluding carboxylic acids is 2. The summed E-state index contributed by atoms with van der Waals surface area (Å²) in [5.41, 5.74) is 0. The molecule has 0 aliphatic carbocycles. The van der Waals surface area contributed by atoms with Crippen LogP contribution in [-0.4, -0.2) is 23.8 Å². The molecule has 4 nitrogen and oxygen atoms in total. The van der Waals surface area contributed by atoms with Crippen molar-refractivity contribution in [3.05, 3.63) is 36.4 Å². The quantitative estimate of drug-likeness (QED) is 0.555. The molecule has 0 saturated carbocycles. The van der Waals surface area contributed by atoms with Crippen LogP contribution in [0.25, 0.3) is 10.8 Å². The molecule has 0 radical (unpaired) electrons. The summed E-state index contributed by atoms with van der Waals surface area (Å²) in [6.07, 6.45) is 0. The van der Waals surface area contributed by atoms with Gasteiger partial charge in [0.15, 0.2) is 0 Å². The van der Waals surface area contributed by atoms with Crippen LogP contribution in [0, 0.1) is 0 Å². The molecule has 0 atom stereocenters. The highest BCUT2D eigenvalue weighted by molar-refractivity contribution is 8.14. The Bertz CT molecular complexity index is 630. The van der Waals surface area contributed by atoms with E-state index >= 15 is 0 Å². The van der Waals surface area contributed by atoms with Gasteiger partial charge in [-0.15, -0.1) is 0 Å². The Balaban J connectivity index is 2.39. The lowest BCUT2D eigenvalue weighted by atomic mass is 10.1. The summed E-state index contributed by atoms with van der Waals surface area (Å²) in [5.74, 6) is 0. The van der Waals surface area contributed by atoms with Crippen LogP contribution < -0.4 is 0 Å². The van der Waals surface area contributed by atoms with Crippen LogP contribution in [0.5, 0.6) is 0 Å². The van der Waals surface area contributed by atoms with Crippen molar-refractivity contribution < 1.29 is 19.1 Å². The van der Waals surface area contributed by atoms with Gasteiger partial charge >= 0.3 is 10.6 Å². The molecule has 2 rings (SSSR count). The first kappa shape index (κ1) is 16.7. The lowest BCUT2D eigenvalue weighted by Crippen LogP contribution is -1.98. The van der Waals surface area contributed by atoms with Crippen molar-refractivity contribution in [2.45, 2.75) is 23.6 Å². The molecule has 116 valence electrons. The van der Waals surface area contributed by atoms with Crippen molar-refractivity contribution in [2.75, 3.05) is 13.2 Å². The maximum Gasteiger partial charge on any atom is 0.372 e. The van der Waals surface area contributed by atoms with E-state index in [1.807, 2.05) is 36.4 Å². The molecule has 0 N–H and O–H groups in total. The summed E-state index contributed by atoms with van der Waals surface area (Å²) in [6, 6.07) is 11.3. The zero-order valence-corrected chi connectivity index (χ0v) is 14.0. The topological polar surface area (TPSA) is 52.6 Å². The number of hydrogen-bond acceptors (Lipinski definition) is 6. The third-order valence-corrected chi connectivity index (χ3v) is 4.43. The van der Waals surface area contributed by atoms with Crippen LogP contribution in [0.4, 0.5) is 9.59 Å². The van der Waals surface area contributed by atoms with Gasteiger partial charge in [-0.25, -0.2) is 9.59 Å². The fraction of sp³-hybridized carbons (Fsp3) is 0.250. The van der Waals surface area contributed by atoms with Crippen LogP contribution in [0.3, 0.4) is 0 Å². The first-order valence-electron chi connectivity index (χ1n) is 6.86. The summed E-state index contributed by atoms with van der Waals surface area (Å²) in [6.45, 7) is 4.20. The van der Waals surface area contributed by atoms with Crippen LogP contribution in [0.1, 0.15) is 13.8 Å². The number of fused-ring (bicyclic) bond motifs is 1. The second-order valence-electron chi connectivity index (χ2n) is 4.18. The Labute approximate surface area is 137 Å². The van der Waals surface area contributed by atoms with Gasteiger partial charge in [-0.05, 0) is 54.9 Å². The number of rotatable bonds is 4. The lowest BCUT2D eigenvalue weighted by molar-refractivity contribution is 0.180. The largest absolute Gasteiger partial charge is 0.458 e. The molecule has 0 spiro atoms. The Hall–Kier alpha value is -1.66. The van der Waals surface area contributed by atoms with E-state index in [2.05, 4.69) is 0 Å². The van der Waals surface area contributed by atoms with Gasteiger partial charge in [0.05, 0.1) is 13.2 Å². The molecule has 22 heavy (non-hydrogen) atoms. The second-order valence-corrected chi connectivity index (χ2v) is 6.14. The second kappa shape index (κ2) is 8.10. The molecule has 2 aromatic rings. The molecule has 0 aliphatic heterocycles. The fourth-order valence-corrected chi connectivity index (χ4v) is 3.65. The van der Waals surface area contributed by atoms with Crippen LogP contribution in [-0.2, 0) is 9.47 Å². The summed E-state index contributed by atoms with van der Waals surface area (Å²) >= 11 is 2.05. The number of hydrogen-bond donors (Lipinski definition) is 0. The van der Waals surface area contributed by atoms with Gasteiger partial charge in [0, 0.05) is 15.2 Å². The molecule has 0 unspecified atom stereocenters. The Morgan fingerprint density at radius 1 is 0.864 bits per heavy atom. The Morgan fingerprint density at radius 3 is 1.73 bits per heavy atom. The van der Waals surface area contributed by atoms with Gasteiger partial charge in [-0.1, -0.05) is 24.3 Å². The summed E-state index contributed by atoms with van der Waals surface area (Å²) in [4.78, 5) is 25.0. The molecule has 6 heteroatoms. The van der Waals surface area contributed by atoms with Gasteiger partial charge in [0.25, 0.3) is 0 Å². The highest BCUT2D eigenvalue weighted by Gasteiger charge is 2.14. The maximum absolute atomic E-state index is 11.7. The van der Waals surface area contributed by atoms with E-state index in [0.29, 0.717) is 13.2 Å². The van der Waals surface area contributed by atoms with Crippen molar-refractivity contribution in [2.24, 2.45) is 0 Å². The van der Waals surface area contributed by atoms with E-state index in [1.165, 1.54) is 0 Å². The number of ether oxygens (including phenoxy) is 2. The van der Waals surface area contributed by atoms with Gasteiger partial charge in [-0.3, -0.25) is 0 Å². The molecular weight excluding hydrogens is 320 g/mol. The lowest BCUT2D eigenvalue weighted by Gasteiger charge is -2.10. The molecule has 0 saturated heterocycles. The Morgan fingerprint density at radius 2 is 1.32 bits per heavy atom. The molecule has 0 fully saturated rings. The summed E-state index contributed by atoms with van der Waals surface area (Å²) in [7, 11) is 0. The van der Waals surface area contributed by atoms with Gasteiger partial charge < -0.3 is 9.47 Å². The molecule has 0 bridgehead atoms. The van der Waals surface area contributed by atoms with E-state index in [0.717, 1.165) is 44.1 Å². The first-order valence-corrected chi connectivity index (χ1v) is 8.50. The van der Waals surface area contributed by atoms with E-state index < -0.39 is 0 Å². The average Bonchev–Trinajstić information content (AvgIpc) is 2.48. The zero-order chi connectivity index (χ0) is 15.9. The number of carbonyl (C=O) groups is 2. The third kappa shape index (κ3) is 4.18. The normalized spacial score (nSPS) is 10.5. The number of benzene rings is 2. The molecule has 2 aromatic carbocycles. The van der Waals surface area contributed by atoms with E-state index in [9.17, 15) is 9.59 Å². The van der Waals surface area contributed by atoms with Gasteiger partial charge in [0.1, 0.15) is 0 Å². The predicted molar refractivity (Wildman–Crippen MR) is 89.7 cm³/mol. The standard InChI is InChI=1S/C16H16O4S2/c1-3-19-15(17)21-12-9-5-7-11-8-6-10-13(14(11)12)22-16(18)20-4-2/h5-10H,3-4H2,1-2H3. The minimum absolute atomic E-state index is 0.334. The number of thioether (sulfide) groups is 2. The molecule has 0 aliphatic rings. The first-order chi connectivity index (χ1) is 10.7. The monoisotopic (exact) mass is 336 g/mol. The molecule has 0 aromatic heterocycles. The van der Waals surface area contributed by atoms with E-state index in [1.54, 1.807) is 13.8 Å². The predicted octanol–water partition coefficient (Wildman–Crippen LogP) is 5.34. The van der Waals surface area contributed by atoms with Crippen molar-refractivity contribution in [3.8, 4) is 0 Å². The van der Waals surface area contributed by atoms with Crippen LogP contribution in [0.2, 0.25) is 0 Å². The molecular formula is C16H16O4S2. The highest BCUT2D eigenvalue weighted by Crippen LogP contribution is 2.36. The van der Waals surface area contributed by atoms with Gasteiger partial charge in [0.2, 0.25) is 0 Å². The smallest absolute Gasteiger partial charge is 0.372 e. The fourth-order valence-electron chi connectivity index (χ4n) is 1.92. The van der Waals surface area contributed by atoms with Crippen molar-refractivity contribution >= 4 is 44.9 Å². The summed E-state index contributed by atoms with van der Waals surface area (Å²) < 4.78 is 9.96. The minimum atomic E-state index is -0.356. The summed E-state index contributed by atoms with van der Waals surface area (Å²) in [5, 5.41) is 1.11. The SMILES string of the molecule is CCOC(=O)Sc1cccc2cccc(SC(=O)OCC)c12. The van der Waals surface area contributed by atoms with Crippen LogP contribution in [0.15, 0.2) is 46.2 Å². The minimum Gasteiger partial charge on any atom is -0.458 e. The van der Waals surface area contributed by atoms with Crippen molar-refractivity contribution in [3.63, 3.8) is 0 Å². The molecule has 0 heterocycles.